The lowest BCUT2D eigenvalue weighted by atomic mass is 10.2. The fourth-order valence-electron chi connectivity index (χ4n) is 1.66. The van der Waals surface area contributed by atoms with E-state index in [-0.39, 0.29) is 5.91 Å². The van der Waals surface area contributed by atoms with Crippen LogP contribution in [0.4, 0.5) is 0 Å². The van der Waals surface area contributed by atoms with Crippen LogP contribution in [0.25, 0.3) is 0 Å². The third-order valence-electron chi connectivity index (χ3n) is 2.60. The van der Waals surface area contributed by atoms with Crippen molar-refractivity contribution >= 4 is 17.7 Å². The van der Waals surface area contributed by atoms with Gasteiger partial charge >= 0.3 is 0 Å². The van der Waals surface area contributed by atoms with Crippen molar-refractivity contribution in [2.24, 2.45) is 0 Å². The minimum atomic E-state index is 0.203. The van der Waals surface area contributed by atoms with Gasteiger partial charge in [-0.05, 0) is 19.1 Å². The van der Waals surface area contributed by atoms with Gasteiger partial charge in [-0.3, -0.25) is 4.79 Å². The summed E-state index contributed by atoms with van der Waals surface area (Å²) in [4.78, 5) is 11.0. The van der Waals surface area contributed by atoms with Gasteiger partial charge in [-0.25, -0.2) is 0 Å². The molecule has 1 heterocycles. The van der Waals surface area contributed by atoms with Crippen LogP contribution in [0.3, 0.4) is 0 Å². The van der Waals surface area contributed by atoms with Gasteiger partial charge < -0.3 is 10.6 Å². The Bertz CT molecular complexity index is 187. The first kappa shape index (κ1) is 11.9. The van der Waals surface area contributed by atoms with Crippen molar-refractivity contribution in [3.8, 4) is 0 Å². The van der Waals surface area contributed by atoms with Gasteiger partial charge in [0.05, 0.1) is 0 Å². The molecule has 3 nitrogen and oxygen atoms in total. The van der Waals surface area contributed by atoms with Crippen molar-refractivity contribution in [2.45, 2.75) is 38.3 Å². The van der Waals surface area contributed by atoms with E-state index in [1.807, 2.05) is 11.8 Å². The van der Waals surface area contributed by atoms with Gasteiger partial charge in [-0.2, -0.15) is 11.8 Å². The lowest BCUT2D eigenvalue weighted by Crippen LogP contribution is -2.41. The zero-order chi connectivity index (χ0) is 10.4. The number of thioether (sulfide) groups is 1. The highest BCUT2D eigenvalue weighted by molar-refractivity contribution is 7.98. The zero-order valence-corrected chi connectivity index (χ0v) is 9.82. The number of carbonyl (C=O) groups excluding carboxylic acids is 1. The average molecular weight is 216 g/mol. The van der Waals surface area contributed by atoms with Crippen molar-refractivity contribution in [2.75, 3.05) is 18.6 Å². The molecule has 2 atom stereocenters. The van der Waals surface area contributed by atoms with E-state index in [1.54, 1.807) is 0 Å². The summed E-state index contributed by atoms with van der Waals surface area (Å²) < 4.78 is 0. The van der Waals surface area contributed by atoms with Crippen LogP contribution in [0.5, 0.6) is 0 Å². The SMILES string of the molecule is CCC(CSC)NCC1CCC(=O)N1. The predicted octanol–water partition coefficient (Wildman–Crippen LogP) is 0.996. The van der Waals surface area contributed by atoms with E-state index in [0.29, 0.717) is 18.5 Å². The number of hydrogen-bond acceptors (Lipinski definition) is 3. The summed E-state index contributed by atoms with van der Waals surface area (Å²) in [6.45, 7) is 3.12. The van der Waals surface area contributed by atoms with Gasteiger partial charge in [0.1, 0.15) is 0 Å². The third kappa shape index (κ3) is 3.88. The van der Waals surface area contributed by atoms with Gasteiger partial charge in [-0.1, -0.05) is 6.92 Å². The summed E-state index contributed by atoms with van der Waals surface area (Å²) in [6.07, 6.45) is 4.97. The molecule has 0 aromatic rings. The van der Waals surface area contributed by atoms with Crippen LogP contribution in [0.15, 0.2) is 0 Å². The van der Waals surface area contributed by atoms with Crippen LogP contribution in [-0.4, -0.2) is 36.5 Å². The Labute approximate surface area is 90.4 Å². The van der Waals surface area contributed by atoms with Crippen molar-refractivity contribution in [1.29, 1.82) is 0 Å². The van der Waals surface area contributed by atoms with Gasteiger partial charge in [0.15, 0.2) is 0 Å². The quantitative estimate of drug-likeness (QED) is 0.696. The Morgan fingerprint density at radius 1 is 1.71 bits per heavy atom. The molecular formula is C10H20N2OS. The fourth-order valence-corrected chi connectivity index (χ4v) is 2.42. The molecule has 1 fully saturated rings. The Balaban J connectivity index is 2.15. The summed E-state index contributed by atoms with van der Waals surface area (Å²) in [5.41, 5.74) is 0. The van der Waals surface area contributed by atoms with E-state index in [9.17, 15) is 4.79 Å². The molecule has 2 N–H and O–H groups in total. The smallest absolute Gasteiger partial charge is 0.220 e. The molecule has 2 unspecified atom stereocenters. The van der Waals surface area contributed by atoms with E-state index in [0.717, 1.165) is 25.1 Å². The Hall–Kier alpha value is -0.220. The predicted molar refractivity (Wildman–Crippen MR) is 61.6 cm³/mol. The topological polar surface area (TPSA) is 41.1 Å². The van der Waals surface area contributed by atoms with Crippen LogP contribution in [0, 0.1) is 0 Å². The van der Waals surface area contributed by atoms with E-state index >= 15 is 0 Å². The third-order valence-corrected chi connectivity index (χ3v) is 3.33. The monoisotopic (exact) mass is 216 g/mol. The van der Waals surface area contributed by atoms with Crippen molar-refractivity contribution in [3.63, 3.8) is 0 Å². The van der Waals surface area contributed by atoms with Crippen molar-refractivity contribution < 1.29 is 4.79 Å². The molecule has 1 aliphatic rings. The first-order chi connectivity index (χ1) is 6.76. The summed E-state index contributed by atoms with van der Waals surface area (Å²) in [7, 11) is 0. The number of amides is 1. The number of carbonyl (C=O) groups is 1. The zero-order valence-electron chi connectivity index (χ0n) is 9.01. The molecule has 0 aliphatic carbocycles. The van der Waals surface area contributed by atoms with E-state index in [1.165, 1.54) is 0 Å². The molecule has 4 heteroatoms. The molecular weight excluding hydrogens is 196 g/mol. The summed E-state index contributed by atoms with van der Waals surface area (Å²) in [5.74, 6) is 1.35. The minimum Gasteiger partial charge on any atom is -0.352 e. The summed E-state index contributed by atoms with van der Waals surface area (Å²) in [6, 6.07) is 0.945. The van der Waals surface area contributed by atoms with Gasteiger partial charge in [0.25, 0.3) is 0 Å². The largest absolute Gasteiger partial charge is 0.352 e. The van der Waals surface area contributed by atoms with Crippen molar-refractivity contribution in [1.82, 2.24) is 10.6 Å². The molecule has 14 heavy (non-hydrogen) atoms. The molecule has 0 aromatic carbocycles. The molecule has 0 aromatic heterocycles. The fraction of sp³-hybridized carbons (Fsp3) is 0.900. The highest BCUT2D eigenvalue weighted by Gasteiger charge is 2.20. The summed E-state index contributed by atoms with van der Waals surface area (Å²) >= 11 is 1.87. The Morgan fingerprint density at radius 3 is 3.00 bits per heavy atom. The maximum Gasteiger partial charge on any atom is 0.220 e. The molecule has 0 saturated carbocycles. The van der Waals surface area contributed by atoms with Crippen LogP contribution >= 0.6 is 11.8 Å². The highest BCUT2D eigenvalue weighted by atomic mass is 32.2. The van der Waals surface area contributed by atoms with Crippen molar-refractivity contribution in [3.05, 3.63) is 0 Å². The average Bonchev–Trinajstić information content (AvgIpc) is 2.59. The normalized spacial score (nSPS) is 23.6. The maximum atomic E-state index is 11.0. The minimum absolute atomic E-state index is 0.203. The maximum absolute atomic E-state index is 11.0. The molecule has 82 valence electrons. The molecule has 0 radical (unpaired) electrons. The van der Waals surface area contributed by atoms with E-state index in [4.69, 9.17) is 0 Å². The molecule has 0 spiro atoms. The Morgan fingerprint density at radius 2 is 2.50 bits per heavy atom. The number of rotatable bonds is 6. The summed E-state index contributed by atoms with van der Waals surface area (Å²) in [5, 5.41) is 6.46. The second-order valence-corrected chi connectivity index (χ2v) is 4.68. The lowest BCUT2D eigenvalue weighted by molar-refractivity contribution is -0.119. The first-order valence-corrected chi connectivity index (χ1v) is 6.67. The van der Waals surface area contributed by atoms with Crippen LogP contribution in [0.2, 0.25) is 0 Å². The Kier molecular flexibility index (Phi) is 5.33. The standard InChI is InChI=1S/C10H20N2OS/c1-3-8(7-14-2)11-6-9-4-5-10(13)12-9/h8-9,11H,3-7H2,1-2H3,(H,12,13). The molecule has 1 saturated heterocycles. The van der Waals surface area contributed by atoms with E-state index in [2.05, 4.69) is 23.8 Å². The highest BCUT2D eigenvalue weighted by Crippen LogP contribution is 2.07. The van der Waals surface area contributed by atoms with Gasteiger partial charge in [0, 0.05) is 30.8 Å². The van der Waals surface area contributed by atoms with Crippen LogP contribution in [-0.2, 0) is 4.79 Å². The molecule has 1 rings (SSSR count). The number of hydrogen-bond donors (Lipinski definition) is 2. The van der Waals surface area contributed by atoms with Gasteiger partial charge in [-0.15, -0.1) is 0 Å². The molecule has 1 amide bonds. The van der Waals surface area contributed by atoms with Crippen LogP contribution < -0.4 is 10.6 Å². The molecule has 1 aliphatic heterocycles. The second-order valence-electron chi connectivity index (χ2n) is 3.77. The first-order valence-electron chi connectivity index (χ1n) is 5.28. The lowest BCUT2D eigenvalue weighted by Gasteiger charge is -2.18. The number of nitrogens with one attached hydrogen (secondary N) is 2. The van der Waals surface area contributed by atoms with E-state index < -0.39 is 0 Å². The van der Waals surface area contributed by atoms with Gasteiger partial charge in [0.2, 0.25) is 5.91 Å². The molecule has 0 bridgehead atoms. The van der Waals surface area contributed by atoms with Crippen LogP contribution in [0.1, 0.15) is 26.2 Å². The second kappa shape index (κ2) is 6.30.